The summed E-state index contributed by atoms with van der Waals surface area (Å²) in [5, 5.41) is 0. The number of hydrogen-bond donors (Lipinski definition) is 0. The number of benzene rings is 8. The van der Waals surface area contributed by atoms with Crippen LogP contribution < -0.4 is 0 Å². The number of hydrogen-bond acceptors (Lipinski definition) is 0. The van der Waals surface area contributed by atoms with Crippen molar-refractivity contribution in [3.8, 4) is 33.4 Å². The molecule has 0 aliphatic heterocycles. The minimum atomic E-state index is -0.181. The summed E-state index contributed by atoms with van der Waals surface area (Å²) in [5.74, 6) is 18.2. The molecule has 139 heavy (non-hydrogen) atoms. The molecular weight excluding hydrogens is 1840 g/mol. The molecule has 18 rings (SSSR count). The molecule has 0 aromatic heterocycles. The van der Waals surface area contributed by atoms with E-state index in [2.05, 4.69) is 238 Å². The van der Waals surface area contributed by atoms with Gasteiger partial charge in [-0.1, -0.05) is 256 Å². The van der Waals surface area contributed by atoms with Crippen LogP contribution in [0.1, 0.15) is 372 Å². The third-order valence-electron chi connectivity index (χ3n) is 35.8. The molecule has 0 unspecified atom stereocenters. The van der Waals surface area contributed by atoms with E-state index in [0.717, 1.165) is 160 Å². The largest absolute Gasteiger partial charge is 0.518 e. The second-order valence-electron chi connectivity index (χ2n) is 45.1. The molecule has 0 N–H and O–H groups in total. The Hall–Kier alpha value is -5.99. The average Bonchev–Trinajstić information content (AvgIpc) is 0.814. The molecule has 0 spiro atoms. The van der Waals surface area contributed by atoms with Crippen LogP contribution in [0.25, 0.3) is 33.4 Å². The van der Waals surface area contributed by atoms with E-state index in [1.165, 1.54) is 313 Å². The van der Waals surface area contributed by atoms with E-state index in [1.807, 2.05) is 74.5 Å². The summed E-state index contributed by atoms with van der Waals surface area (Å²) in [5.41, 5.74) is 17.8. The van der Waals surface area contributed by atoms with Crippen LogP contribution in [-0.4, -0.2) is 0 Å². The van der Waals surface area contributed by atoms with Crippen molar-refractivity contribution in [1.82, 2.24) is 0 Å². The van der Waals surface area contributed by atoms with E-state index >= 15 is 0 Å². The van der Waals surface area contributed by atoms with Crippen LogP contribution in [0.4, 0.5) is 8.78 Å². The summed E-state index contributed by atoms with van der Waals surface area (Å²) >= 11 is 0. The van der Waals surface area contributed by atoms with Gasteiger partial charge in [-0.3, -0.25) is 6.08 Å². The van der Waals surface area contributed by atoms with Gasteiger partial charge in [0.2, 0.25) is 0 Å². The first kappa shape index (κ1) is 115. The van der Waals surface area contributed by atoms with Gasteiger partial charge >= 0.3 is 0 Å². The zero-order chi connectivity index (χ0) is 96.5. The molecule has 10 aliphatic carbocycles. The van der Waals surface area contributed by atoms with Crippen LogP contribution in [0, 0.1) is 153 Å². The van der Waals surface area contributed by atoms with Crippen molar-refractivity contribution < 1.29 is 74.2 Å². The van der Waals surface area contributed by atoms with Crippen LogP contribution in [0.3, 0.4) is 0 Å². The topological polar surface area (TPSA) is 0 Å². The van der Waals surface area contributed by atoms with Gasteiger partial charge in [-0.25, -0.2) is 8.78 Å². The van der Waals surface area contributed by atoms with Crippen LogP contribution in [0.5, 0.6) is 0 Å². The first-order valence-electron chi connectivity index (χ1n) is 56.0. The zero-order valence-corrected chi connectivity index (χ0v) is 93.9. The maximum absolute atomic E-state index is 14.6. The SMILES string of the molecule is C/C=C/CCc1ccc(-c2ccc(-c3ccc(C)cc3)cc2F)cc1.C/C=C/CCc1ccc(-c2ccc(C)cc2)cc1.C=CC1CCC(C2CCC(C)CC2)CC1.C=CC1CCC(C2CCC(c3cc[c-]cc3)CC2)CC1.C=CC1CCC(C2CCC(c3ccc(C)c(F)c3)CC2)CC1.C=CCC1CCC(C2CCC(c3ccc(C)cc3)CC2)CC1.[CH-]=CC1CCC(C2CCC(C)CC2)CC1.[Y].[Y]. The summed E-state index contributed by atoms with van der Waals surface area (Å²) < 4.78 is 28.4. The Balaban J connectivity index is 0.000000168. The molecule has 2 radical (unpaired) electrons. The molecular formula is C135H182F2Y2-2. The Morgan fingerprint density at radius 3 is 0.942 bits per heavy atom. The van der Waals surface area contributed by atoms with Crippen molar-refractivity contribution in [1.29, 1.82) is 0 Å². The summed E-state index contributed by atoms with van der Waals surface area (Å²) in [6.45, 7) is 38.5. The monoisotopic (exact) mass is 2020 g/mol. The normalized spacial score (nSPS) is 27.9. The third kappa shape index (κ3) is 37.8. The van der Waals surface area contributed by atoms with Crippen LogP contribution in [-0.2, 0) is 78.3 Å². The van der Waals surface area contributed by atoms with Gasteiger partial charge in [-0.2, -0.15) is 35.9 Å². The molecule has 744 valence electrons. The zero-order valence-electron chi connectivity index (χ0n) is 88.2. The first-order valence-corrected chi connectivity index (χ1v) is 56.0. The van der Waals surface area contributed by atoms with Gasteiger partial charge in [0.15, 0.2) is 0 Å². The first-order chi connectivity index (χ1) is 66.8. The van der Waals surface area contributed by atoms with E-state index in [-0.39, 0.29) is 77.1 Å². The van der Waals surface area contributed by atoms with Crippen molar-refractivity contribution in [2.75, 3.05) is 0 Å². The number of allylic oxidation sites excluding steroid dienone is 9. The van der Waals surface area contributed by atoms with Crippen molar-refractivity contribution in [2.45, 2.75) is 362 Å². The fourth-order valence-electron chi connectivity index (χ4n) is 26.1. The second-order valence-corrected chi connectivity index (χ2v) is 45.1. The van der Waals surface area contributed by atoms with Gasteiger partial charge < -0.3 is 6.58 Å². The van der Waals surface area contributed by atoms with Crippen molar-refractivity contribution >= 4 is 0 Å². The van der Waals surface area contributed by atoms with Gasteiger partial charge in [0.05, 0.1) is 0 Å². The predicted octanol–water partition coefficient (Wildman–Crippen LogP) is 40.4. The van der Waals surface area contributed by atoms with E-state index < -0.39 is 0 Å². The quantitative estimate of drug-likeness (QED) is 0.0442. The van der Waals surface area contributed by atoms with E-state index in [9.17, 15) is 8.78 Å². The Kier molecular flexibility index (Phi) is 51.9. The number of aryl methyl sites for hydroxylation is 6. The van der Waals surface area contributed by atoms with E-state index in [0.29, 0.717) is 11.5 Å². The number of halogens is 2. The second kappa shape index (κ2) is 62.8. The smallest absolute Gasteiger partial charge is 0.131 e. The Bertz CT molecular complexity index is 4730. The van der Waals surface area contributed by atoms with Gasteiger partial charge in [0, 0.05) is 71.0 Å². The molecule has 10 saturated carbocycles. The van der Waals surface area contributed by atoms with E-state index in [4.69, 9.17) is 6.58 Å². The summed E-state index contributed by atoms with van der Waals surface area (Å²) in [4.78, 5) is 0. The minimum Gasteiger partial charge on any atom is -0.518 e. The molecule has 10 aliphatic rings. The van der Waals surface area contributed by atoms with Crippen molar-refractivity contribution in [2.24, 2.45) is 101 Å². The third-order valence-corrected chi connectivity index (χ3v) is 35.8. The Morgan fingerprint density at radius 2 is 0.604 bits per heavy atom. The van der Waals surface area contributed by atoms with E-state index in [1.54, 1.807) is 17.7 Å². The fraction of sp³-hybridized carbons (Fsp3) is 0.541. The molecule has 8 aromatic rings. The van der Waals surface area contributed by atoms with Gasteiger partial charge in [0.25, 0.3) is 0 Å². The molecule has 0 bridgehead atoms. The molecule has 0 nitrogen and oxygen atoms in total. The average molecular weight is 2020 g/mol. The number of rotatable bonds is 23. The maximum Gasteiger partial charge on any atom is 0.131 e. The van der Waals surface area contributed by atoms with Crippen LogP contribution >= 0.6 is 0 Å². The van der Waals surface area contributed by atoms with Gasteiger partial charge in [-0.15, -0.1) is 26.3 Å². The molecule has 0 saturated heterocycles. The Morgan fingerprint density at radius 1 is 0.309 bits per heavy atom. The summed E-state index contributed by atoms with van der Waals surface area (Å²) in [6, 6.07) is 66.4. The fourth-order valence-corrected chi connectivity index (χ4v) is 26.1. The Labute approximate surface area is 899 Å². The molecule has 8 aromatic carbocycles. The molecule has 0 amide bonds. The summed E-state index contributed by atoms with van der Waals surface area (Å²) in [7, 11) is 0. The molecule has 10 fully saturated rings. The van der Waals surface area contributed by atoms with Gasteiger partial charge in [-0.05, 0) is 485 Å². The molecule has 4 heteroatoms. The standard InChI is InChI=1S/C24H23F.C22H32.C21H29F.C20H27.C18H20.C15H26.C15H25.2Y/c1-3-4-5-6-19-9-13-21(14-10-19)23-16-15-22(17-24(23)25)20-11-7-18(2)8-12-20;1-3-4-18-7-11-20(12-8-18)22-15-13-21(14-16-22)19-9-5-17(2)6-10-19;1-3-16-5-8-17(9-6-16)18-10-12-19(13-11-18)20-7-4-15(2)21(22)14-20;1-2-16-8-10-18(11-9-16)20-14-12-19(13-15-20)17-6-4-3-5-7-17;1-3-4-5-6-16-9-13-18(14-10-16)17-11-7-15(2)8-12-17;2*1-3-13-6-10-15(11-7-13)14-8-4-12(2)5-9-14;;/h3-4,7-17H,5-6H2,1-2H3;3,5-6,9-10,18,20-22H,1,4,7-8,11-16H2,2H3;3-4,7,14,16-19H,1,5-6,8-13H2,2H3;2,4-7,16,18-20H,1,8-15H2;3-4,7-14H,5-6H2,1-2H3;3,12-15H,1,4-11H2,2H3;1,3,12-15H,4-11H2,2H3;;/q;;;-1;;;-1;;/b4-3+;;;;4-3+;;;;. The molecule has 0 heterocycles. The maximum atomic E-state index is 14.6. The summed E-state index contributed by atoms with van der Waals surface area (Å²) in [6.07, 6.45) is 81.7. The van der Waals surface area contributed by atoms with Crippen LogP contribution in [0.15, 0.2) is 263 Å². The van der Waals surface area contributed by atoms with Gasteiger partial charge in [0.1, 0.15) is 11.6 Å². The minimum absolute atomic E-state index is 0. The van der Waals surface area contributed by atoms with Crippen LogP contribution in [0.2, 0.25) is 0 Å². The van der Waals surface area contributed by atoms with Crippen molar-refractivity contribution in [3.63, 3.8) is 0 Å². The van der Waals surface area contributed by atoms with Crippen molar-refractivity contribution in [3.05, 3.63) is 337 Å². The predicted molar refractivity (Wildman–Crippen MR) is 590 cm³/mol. The molecule has 0 atom stereocenters.